The number of hydrogen-bond acceptors (Lipinski definition) is 3. The first-order chi connectivity index (χ1) is 11.7. The lowest BCUT2D eigenvalue weighted by atomic mass is 10.1. The van der Waals surface area contributed by atoms with Crippen LogP contribution in [0.3, 0.4) is 0 Å². The molecule has 0 radical (unpaired) electrons. The average molecular weight is 350 g/mol. The standard InChI is InChI=1S/C19H31N3OS/c1-15-6-9-17(18(12-15)23-14-16-7-8-16)13-22-19(20-2)21-10-4-5-11-24-3/h6,9,12,16H,4-5,7-8,10-11,13-14H2,1-3H3,(H2,20,21,22). The van der Waals surface area contributed by atoms with Crippen molar-refractivity contribution in [3.8, 4) is 5.75 Å². The molecule has 1 saturated carbocycles. The monoisotopic (exact) mass is 349 g/mol. The second-order valence-electron chi connectivity index (χ2n) is 6.42. The highest BCUT2D eigenvalue weighted by Gasteiger charge is 2.22. The lowest BCUT2D eigenvalue weighted by molar-refractivity contribution is 0.296. The van der Waals surface area contributed by atoms with Crippen LogP contribution in [0.5, 0.6) is 5.75 Å². The Labute approximate surface area is 150 Å². The molecule has 0 saturated heterocycles. The highest BCUT2D eigenvalue weighted by molar-refractivity contribution is 7.98. The van der Waals surface area contributed by atoms with E-state index in [0.29, 0.717) is 0 Å². The molecule has 0 amide bonds. The number of hydrogen-bond donors (Lipinski definition) is 2. The Morgan fingerprint density at radius 2 is 2.12 bits per heavy atom. The Hall–Kier alpha value is -1.36. The molecular weight excluding hydrogens is 318 g/mol. The molecule has 2 N–H and O–H groups in total. The van der Waals surface area contributed by atoms with E-state index in [9.17, 15) is 0 Å². The summed E-state index contributed by atoms with van der Waals surface area (Å²) < 4.78 is 6.03. The van der Waals surface area contributed by atoms with Crippen molar-refractivity contribution in [3.05, 3.63) is 29.3 Å². The van der Waals surface area contributed by atoms with Crippen LogP contribution in [-0.2, 0) is 6.54 Å². The molecule has 0 spiro atoms. The minimum atomic E-state index is 0.727. The first-order valence-corrected chi connectivity index (χ1v) is 10.3. The molecule has 0 atom stereocenters. The van der Waals surface area contributed by atoms with Gasteiger partial charge < -0.3 is 15.4 Å². The molecule has 24 heavy (non-hydrogen) atoms. The number of unbranched alkanes of at least 4 members (excludes halogenated alkanes) is 1. The summed E-state index contributed by atoms with van der Waals surface area (Å²) in [5, 5.41) is 6.77. The van der Waals surface area contributed by atoms with Gasteiger partial charge in [-0.25, -0.2) is 0 Å². The number of nitrogens with zero attached hydrogens (tertiary/aromatic N) is 1. The van der Waals surface area contributed by atoms with Crippen LogP contribution >= 0.6 is 11.8 Å². The van der Waals surface area contributed by atoms with E-state index >= 15 is 0 Å². The van der Waals surface area contributed by atoms with E-state index in [1.165, 1.54) is 42.6 Å². The van der Waals surface area contributed by atoms with Crippen molar-refractivity contribution in [3.63, 3.8) is 0 Å². The normalized spacial score (nSPS) is 14.5. The van der Waals surface area contributed by atoms with Gasteiger partial charge in [-0.3, -0.25) is 4.99 Å². The maximum atomic E-state index is 6.03. The second-order valence-corrected chi connectivity index (χ2v) is 7.40. The second kappa shape index (κ2) is 10.5. The van der Waals surface area contributed by atoms with Crippen molar-refractivity contribution in [1.82, 2.24) is 10.6 Å². The Balaban J connectivity index is 1.80. The summed E-state index contributed by atoms with van der Waals surface area (Å²) >= 11 is 1.90. The van der Waals surface area contributed by atoms with Gasteiger partial charge in [0.15, 0.2) is 5.96 Å². The van der Waals surface area contributed by atoms with E-state index in [-0.39, 0.29) is 0 Å². The van der Waals surface area contributed by atoms with Gasteiger partial charge in [0.05, 0.1) is 6.61 Å². The molecule has 5 heteroatoms. The van der Waals surface area contributed by atoms with Crippen molar-refractivity contribution in [2.24, 2.45) is 10.9 Å². The molecule has 0 bridgehead atoms. The zero-order valence-electron chi connectivity index (χ0n) is 15.2. The van der Waals surface area contributed by atoms with E-state index in [2.05, 4.69) is 47.0 Å². The van der Waals surface area contributed by atoms with Gasteiger partial charge in [-0.1, -0.05) is 12.1 Å². The van der Waals surface area contributed by atoms with E-state index in [1.807, 2.05) is 18.8 Å². The summed E-state index contributed by atoms with van der Waals surface area (Å²) in [4.78, 5) is 4.30. The van der Waals surface area contributed by atoms with Gasteiger partial charge >= 0.3 is 0 Å². The maximum absolute atomic E-state index is 6.03. The summed E-state index contributed by atoms with van der Waals surface area (Å²) in [6.07, 6.45) is 7.18. The fourth-order valence-corrected chi connectivity index (χ4v) is 2.90. The molecule has 0 heterocycles. The average Bonchev–Trinajstić information content (AvgIpc) is 3.41. The predicted octanol–water partition coefficient (Wildman–Crippen LogP) is 3.59. The van der Waals surface area contributed by atoms with Crippen molar-refractivity contribution < 1.29 is 4.74 Å². The maximum Gasteiger partial charge on any atom is 0.191 e. The van der Waals surface area contributed by atoms with Gasteiger partial charge in [0.2, 0.25) is 0 Å². The highest BCUT2D eigenvalue weighted by atomic mass is 32.2. The van der Waals surface area contributed by atoms with Gasteiger partial charge in [-0.05, 0) is 62.2 Å². The number of benzene rings is 1. The lowest BCUT2D eigenvalue weighted by Crippen LogP contribution is -2.37. The van der Waals surface area contributed by atoms with Gasteiger partial charge in [0, 0.05) is 25.7 Å². The third-order valence-corrected chi connectivity index (χ3v) is 4.83. The third kappa shape index (κ3) is 7.04. The van der Waals surface area contributed by atoms with Gasteiger partial charge in [-0.2, -0.15) is 11.8 Å². The van der Waals surface area contributed by atoms with E-state index in [4.69, 9.17) is 4.74 Å². The topological polar surface area (TPSA) is 45.7 Å². The number of rotatable bonds is 10. The molecule has 0 unspecified atom stereocenters. The molecule has 1 aromatic rings. The first kappa shape index (κ1) is 19.0. The van der Waals surface area contributed by atoms with Crippen LogP contribution in [0.25, 0.3) is 0 Å². The van der Waals surface area contributed by atoms with Crippen molar-refractivity contribution in [1.29, 1.82) is 0 Å². The zero-order chi connectivity index (χ0) is 17.2. The Bertz CT molecular complexity index is 529. The summed E-state index contributed by atoms with van der Waals surface area (Å²) in [6.45, 7) is 4.64. The van der Waals surface area contributed by atoms with E-state index < -0.39 is 0 Å². The van der Waals surface area contributed by atoms with Gasteiger partial charge in [-0.15, -0.1) is 0 Å². The predicted molar refractivity (Wildman–Crippen MR) is 105 cm³/mol. The number of ether oxygens (including phenoxy) is 1. The molecular formula is C19H31N3OS. The van der Waals surface area contributed by atoms with Crippen LogP contribution in [0.15, 0.2) is 23.2 Å². The first-order valence-electron chi connectivity index (χ1n) is 8.88. The molecule has 2 rings (SSSR count). The molecule has 4 nitrogen and oxygen atoms in total. The van der Waals surface area contributed by atoms with Crippen LogP contribution in [0.4, 0.5) is 0 Å². The Kier molecular flexibility index (Phi) is 8.29. The van der Waals surface area contributed by atoms with E-state index in [0.717, 1.165) is 37.3 Å². The quantitative estimate of drug-likeness (QED) is 0.385. The lowest BCUT2D eigenvalue weighted by Gasteiger charge is -2.15. The molecule has 0 aromatic heterocycles. The van der Waals surface area contributed by atoms with Gasteiger partial charge in [0.1, 0.15) is 5.75 Å². The Morgan fingerprint density at radius 1 is 1.29 bits per heavy atom. The molecule has 1 aliphatic carbocycles. The van der Waals surface area contributed by atoms with Gasteiger partial charge in [0.25, 0.3) is 0 Å². The minimum Gasteiger partial charge on any atom is -0.493 e. The Morgan fingerprint density at radius 3 is 2.83 bits per heavy atom. The summed E-state index contributed by atoms with van der Waals surface area (Å²) in [6, 6.07) is 6.42. The van der Waals surface area contributed by atoms with E-state index in [1.54, 1.807) is 0 Å². The fraction of sp³-hybridized carbons (Fsp3) is 0.632. The molecule has 0 aliphatic heterocycles. The molecule has 1 fully saturated rings. The molecule has 134 valence electrons. The highest BCUT2D eigenvalue weighted by Crippen LogP contribution is 2.30. The summed E-state index contributed by atoms with van der Waals surface area (Å²) in [7, 11) is 1.82. The number of aryl methyl sites for hydroxylation is 1. The van der Waals surface area contributed by atoms with Crippen LogP contribution in [-0.4, -0.2) is 38.2 Å². The van der Waals surface area contributed by atoms with Crippen LogP contribution in [0, 0.1) is 12.8 Å². The number of thioether (sulfide) groups is 1. The zero-order valence-corrected chi connectivity index (χ0v) is 16.0. The summed E-state index contributed by atoms with van der Waals surface area (Å²) in [5.41, 5.74) is 2.42. The third-order valence-electron chi connectivity index (χ3n) is 4.13. The number of aliphatic imine (C=N–C) groups is 1. The van der Waals surface area contributed by atoms with Crippen LogP contribution in [0.2, 0.25) is 0 Å². The smallest absolute Gasteiger partial charge is 0.191 e. The van der Waals surface area contributed by atoms with Crippen molar-refractivity contribution in [2.75, 3.05) is 32.2 Å². The SMILES string of the molecule is CN=C(NCCCCSC)NCc1ccc(C)cc1OCC1CC1. The minimum absolute atomic E-state index is 0.727. The van der Waals surface area contributed by atoms with Crippen LogP contribution < -0.4 is 15.4 Å². The number of nitrogens with one attached hydrogen (secondary N) is 2. The van der Waals surface area contributed by atoms with Crippen molar-refractivity contribution in [2.45, 2.75) is 39.2 Å². The molecule has 1 aliphatic rings. The summed E-state index contributed by atoms with van der Waals surface area (Å²) in [5.74, 6) is 3.85. The largest absolute Gasteiger partial charge is 0.493 e. The molecule has 1 aromatic carbocycles. The number of guanidine groups is 1. The van der Waals surface area contributed by atoms with Crippen molar-refractivity contribution >= 4 is 17.7 Å². The van der Waals surface area contributed by atoms with Crippen LogP contribution in [0.1, 0.15) is 36.8 Å². The fourth-order valence-electron chi connectivity index (χ4n) is 2.41.